The summed E-state index contributed by atoms with van der Waals surface area (Å²) in [5.41, 5.74) is 3.27. The lowest BCUT2D eigenvalue weighted by Crippen LogP contribution is -2.26. The third-order valence-electron chi connectivity index (χ3n) is 4.49. The molecule has 0 bridgehead atoms. The fourth-order valence-corrected chi connectivity index (χ4v) is 3.10. The summed E-state index contributed by atoms with van der Waals surface area (Å²) >= 11 is 0. The average molecular weight is 379 g/mol. The van der Waals surface area contributed by atoms with Gasteiger partial charge < -0.3 is 16.0 Å². The van der Waals surface area contributed by atoms with Gasteiger partial charge in [0.05, 0.1) is 0 Å². The highest BCUT2D eigenvalue weighted by molar-refractivity contribution is 5.93. The van der Waals surface area contributed by atoms with Gasteiger partial charge in [0.1, 0.15) is 17.8 Å². The van der Waals surface area contributed by atoms with E-state index < -0.39 is 0 Å². The van der Waals surface area contributed by atoms with Gasteiger partial charge in [-0.15, -0.1) is 0 Å². The fourth-order valence-electron chi connectivity index (χ4n) is 3.10. The van der Waals surface area contributed by atoms with E-state index in [2.05, 4.69) is 32.0 Å². The lowest BCUT2D eigenvalue weighted by Gasteiger charge is -2.13. The first-order chi connectivity index (χ1) is 13.6. The topological polar surface area (TPSA) is 96.0 Å². The Kier molecular flexibility index (Phi) is 6.73. The summed E-state index contributed by atoms with van der Waals surface area (Å²) in [5.74, 6) is 0.206. The summed E-state index contributed by atoms with van der Waals surface area (Å²) < 4.78 is 0. The smallest absolute Gasteiger partial charge is 0.270 e. The molecule has 1 aliphatic rings. The van der Waals surface area contributed by atoms with Crippen LogP contribution in [-0.2, 0) is 4.79 Å². The number of amides is 2. The zero-order valence-corrected chi connectivity index (χ0v) is 16.0. The van der Waals surface area contributed by atoms with Crippen LogP contribution in [-0.4, -0.2) is 28.3 Å². The maximum atomic E-state index is 12.3. The molecule has 0 saturated carbocycles. The Balaban J connectivity index is 1.54. The van der Waals surface area contributed by atoms with Crippen LogP contribution in [0.1, 0.15) is 49.5 Å². The molecule has 2 amide bonds. The van der Waals surface area contributed by atoms with Crippen molar-refractivity contribution in [3.05, 3.63) is 54.0 Å². The van der Waals surface area contributed by atoms with E-state index in [0.29, 0.717) is 23.7 Å². The highest BCUT2D eigenvalue weighted by Crippen LogP contribution is 2.20. The van der Waals surface area contributed by atoms with Crippen molar-refractivity contribution in [3.63, 3.8) is 0 Å². The highest BCUT2D eigenvalue weighted by Gasteiger charge is 2.10. The normalized spacial score (nSPS) is 13.4. The second-order valence-corrected chi connectivity index (χ2v) is 6.79. The summed E-state index contributed by atoms with van der Waals surface area (Å²) in [6, 6.07) is 8.85. The number of rotatable bonds is 7. The van der Waals surface area contributed by atoms with E-state index in [9.17, 15) is 9.59 Å². The van der Waals surface area contributed by atoms with E-state index in [1.165, 1.54) is 31.7 Å². The zero-order valence-electron chi connectivity index (χ0n) is 16.0. The van der Waals surface area contributed by atoms with Crippen LogP contribution in [0, 0.1) is 0 Å². The molecule has 3 rings (SSSR count). The van der Waals surface area contributed by atoms with Crippen molar-refractivity contribution in [1.82, 2.24) is 15.3 Å². The van der Waals surface area contributed by atoms with Crippen molar-refractivity contribution >= 4 is 29.0 Å². The predicted octanol–water partition coefficient (Wildman–Crippen LogP) is 3.80. The quantitative estimate of drug-likeness (QED) is 0.636. The number of anilines is 3. The number of nitrogens with zero attached hydrogens (tertiary/aromatic N) is 2. The maximum Gasteiger partial charge on any atom is 0.270 e. The predicted molar refractivity (Wildman–Crippen MR) is 110 cm³/mol. The van der Waals surface area contributed by atoms with Gasteiger partial charge in [0.15, 0.2) is 0 Å². The number of carbonyl (C=O) groups excluding carboxylic acids is 2. The minimum absolute atomic E-state index is 0.119. The van der Waals surface area contributed by atoms with Crippen LogP contribution >= 0.6 is 0 Å². The van der Waals surface area contributed by atoms with Crippen LogP contribution < -0.4 is 16.0 Å². The standard InChI is InChI=1S/C21H25N5O2/c1-15(27)25-17-7-9-18(10-8-17)26-20-13-19(23-14-24-20)21(28)22-12-11-16-5-3-2-4-6-16/h5,7-10,13-14H,2-4,6,11-12H2,1H3,(H,22,28)(H,25,27)(H,23,24,26). The van der Waals surface area contributed by atoms with Crippen molar-refractivity contribution in [3.8, 4) is 0 Å². The van der Waals surface area contributed by atoms with E-state index in [1.54, 1.807) is 18.2 Å². The lowest BCUT2D eigenvalue weighted by molar-refractivity contribution is -0.114. The first-order valence-corrected chi connectivity index (χ1v) is 9.53. The molecule has 28 heavy (non-hydrogen) atoms. The molecule has 0 atom stereocenters. The molecule has 0 fully saturated rings. The number of hydrogen-bond acceptors (Lipinski definition) is 5. The van der Waals surface area contributed by atoms with Gasteiger partial charge in [0, 0.05) is 30.9 Å². The molecule has 2 aromatic rings. The van der Waals surface area contributed by atoms with Gasteiger partial charge in [-0.1, -0.05) is 11.6 Å². The molecular weight excluding hydrogens is 354 g/mol. The van der Waals surface area contributed by atoms with E-state index in [0.717, 1.165) is 24.9 Å². The Hall–Kier alpha value is -3.22. The van der Waals surface area contributed by atoms with Crippen LogP contribution in [0.25, 0.3) is 0 Å². The molecule has 7 nitrogen and oxygen atoms in total. The Morgan fingerprint density at radius 3 is 2.57 bits per heavy atom. The summed E-state index contributed by atoms with van der Waals surface area (Å²) in [6.45, 7) is 2.08. The molecule has 1 aliphatic carbocycles. The number of benzene rings is 1. The van der Waals surface area contributed by atoms with Gasteiger partial charge in [-0.2, -0.15) is 0 Å². The molecule has 1 aromatic heterocycles. The van der Waals surface area contributed by atoms with Crippen LogP contribution in [0.4, 0.5) is 17.2 Å². The molecule has 146 valence electrons. The van der Waals surface area contributed by atoms with Gasteiger partial charge in [0.2, 0.25) is 5.91 Å². The number of hydrogen-bond donors (Lipinski definition) is 3. The summed E-state index contributed by atoms with van der Waals surface area (Å²) in [5, 5.41) is 8.77. The molecule has 0 unspecified atom stereocenters. The molecule has 3 N–H and O–H groups in total. The van der Waals surface area contributed by atoms with Gasteiger partial charge in [-0.05, 0) is 56.4 Å². The van der Waals surface area contributed by atoms with Crippen LogP contribution in [0.5, 0.6) is 0 Å². The number of aromatic nitrogens is 2. The molecule has 0 radical (unpaired) electrons. The third-order valence-corrected chi connectivity index (χ3v) is 4.49. The van der Waals surface area contributed by atoms with E-state index >= 15 is 0 Å². The number of nitrogens with one attached hydrogen (secondary N) is 3. The van der Waals surface area contributed by atoms with Crippen LogP contribution in [0.15, 0.2) is 48.3 Å². The van der Waals surface area contributed by atoms with Gasteiger partial charge in [-0.3, -0.25) is 9.59 Å². The summed E-state index contributed by atoms with van der Waals surface area (Å²) in [4.78, 5) is 31.6. The van der Waals surface area contributed by atoms with E-state index in [1.807, 2.05) is 12.1 Å². The minimum Gasteiger partial charge on any atom is -0.350 e. The highest BCUT2D eigenvalue weighted by atomic mass is 16.2. The van der Waals surface area contributed by atoms with Crippen molar-refractivity contribution in [2.45, 2.75) is 39.0 Å². The van der Waals surface area contributed by atoms with Crippen molar-refractivity contribution < 1.29 is 9.59 Å². The van der Waals surface area contributed by atoms with Crippen LogP contribution in [0.2, 0.25) is 0 Å². The minimum atomic E-state index is -0.206. The van der Waals surface area contributed by atoms with Crippen LogP contribution in [0.3, 0.4) is 0 Å². The zero-order chi connectivity index (χ0) is 19.8. The molecule has 1 heterocycles. The van der Waals surface area contributed by atoms with Crippen molar-refractivity contribution in [2.24, 2.45) is 0 Å². The van der Waals surface area contributed by atoms with Crippen molar-refractivity contribution in [2.75, 3.05) is 17.2 Å². The Morgan fingerprint density at radius 2 is 1.86 bits per heavy atom. The Morgan fingerprint density at radius 1 is 1.07 bits per heavy atom. The molecule has 0 aliphatic heterocycles. The van der Waals surface area contributed by atoms with E-state index in [-0.39, 0.29) is 11.8 Å². The Labute approximate surface area is 164 Å². The second-order valence-electron chi connectivity index (χ2n) is 6.79. The summed E-state index contributed by atoms with van der Waals surface area (Å²) in [6.07, 6.45) is 9.35. The van der Waals surface area contributed by atoms with Gasteiger partial charge >= 0.3 is 0 Å². The lowest BCUT2D eigenvalue weighted by atomic mass is 9.97. The molecule has 0 saturated heterocycles. The average Bonchev–Trinajstić information content (AvgIpc) is 2.70. The molecule has 0 spiro atoms. The SMILES string of the molecule is CC(=O)Nc1ccc(Nc2cc(C(=O)NCCC3=CCCCC3)ncn2)cc1. The fraction of sp³-hybridized carbons (Fsp3) is 0.333. The molecule has 7 heteroatoms. The number of carbonyl (C=O) groups is 2. The van der Waals surface area contributed by atoms with Gasteiger partial charge in [-0.25, -0.2) is 9.97 Å². The largest absolute Gasteiger partial charge is 0.350 e. The molecular formula is C21H25N5O2. The first-order valence-electron chi connectivity index (χ1n) is 9.53. The maximum absolute atomic E-state index is 12.3. The van der Waals surface area contributed by atoms with E-state index in [4.69, 9.17) is 0 Å². The third kappa shape index (κ3) is 5.90. The summed E-state index contributed by atoms with van der Waals surface area (Å²) in [7, 11) is 0. The van der Waals surface area contributed by atoms with Crippen molar-refractivity contribution in [1.29, 1.82) is 0 Å². The Bertz CT molecular complexity index is 861. The van der Waals surface area contributed by atoms with Gasteiger partial charge in [0.25, 0.3) is 5.91 Å². The second kappa shape index (κ2) is 9.64. The first kappa shape index (κ1) is 19.5. The number of allylic oxidation sites excluding steroid dienone is 1. The monoisotopic (exact) mass is 379 g/mol. The molecule has 1 aromatic carbocycles.